The Bertz CT molecular complexity index is 2160. The molecule has 2 aliphatic heterocycles. The number of benzene rings is 2. The lowest BCUT2D eigenvalue weighted by Gasteiger charge is -2.50. The number of rotatable bonds is 15. The molecule has 0 amide bonds. The second-order valence-corrected chi connectivity index (χ2v) is 16.1. The van der Waals surface area contributed by atoms with Crippen LogP contribution in [0.4, 0.5) is 24.8 Å². The minimum Gasteiger partial charge on any atom is -0.350 e. The lowest BCUT2D eigenvalue weighted by Crippen LogP contribution is -2.61. The Balaban J connectivity index is 1.21. The molecule has 0 spiro atoms. The van der Waals surface area contributed by atoms with Crippen molar-refractivity contribution in [3.05, 3.63) is 83.6 Å². The maximum absolute atomic E-state index is 15.1. The first kappa shape index (κ1) is 38.0. The maximum atomic E-state index is 15.1. The van der Waals surface area contributed by atoms with Crippen LogP contribution in [0.25, 0.3) is 28.0 Å². The van der Waals surface area contributed by atoms with Crippen LogP contribution < -0.4 is 5.32 Å². The van der Waals surface area contributed by atoms with Crippen molar-refractivity contribution in [2.75, 3.05) is 49.1 Å². The summed E-state index contributed by atoms with van der Waals surface area (Å²) < 4.78 is 47.4. The van der Waals surface area contributed by atoms with Crippen molar-refractivity contribution in [3.8, 4) is 16.9 Å². The van der Waals surface area contributed by atoms with E-state index in [1.165, 1.54) is 40.5 Å². The largest absolute Gasteiger partial charge is 0.350 e. The van der Waals surface area contributed by atoms with E-state index in [0.29, 0.717) is 51.6 Å². The van der Waals surface area contributed by atoms with E-state index in [-0.39, 0.29) is 23.7 Å². The summed E-state index contributed by atoms with van der Waals surface area (Å²) in [5, 5.41) is 8.12. The zero-order valence-electron chi connectivity index (χ0n) is 31.0. The molecule has 2 aromatic carbocycles. The van der Waals surface area contributed by atoms with E-state index in [1.54, 1.807) is 18.0 Å². The summed E-state index contributed by atoms with van der Waals surface area (Å²) in [5.41, 5.74) is 3.44. The van der Waals surface area contributed by atoms with Gasteiger partial charge in [-0.3, -0.25) is 4.99 Å². The number of fused-ring (bicyclic) bond motifs is 1. The van der Waals surface area contributed by atoms with Crippen LogP contribution in [-0.2, 0) is 6.54 Å². The summed E-state index contributed by atoms with van der Waals surface area (Å²) in [5.74, 6) is 5.21. The normalized spacial score (nSPS) is 17.6. The van der Waals surface area contributed by atoms with Gasteiger partial charge >= 0.3 is 0 Å². The summed E-state index contributed by atoms with van der Waals surface area (Å²) in [6, 6.07) is 12.2. The van der Waals surface area contributed by atoms with Crippen molar-refractivity contribution in [2.24, 2.45) is 15.9 Å². The quantitative estimate of drug-likeness (QED) is 0.0650. The Morgan fingerprint density at radius 2 is 1.93 bits per heavy atom. The number of aryl methyl sites for hydroxylation is 2. The van der Waals surface area contributed by atoms with Gasteiger partial charge in [0.1, 0.15) is 41.0 Å². The Labute approximate surface area is 322 Å². The standard InChI is InChI=1S/C39H45F3N10S2/c1-6-28-18-36(48-35-10-7-9-32(47-35)29-15-27(41)17-33-37(29)50(24(2)46-33)14-8-13-49(4)5)51(28)39(44-23-54-22-25-20-53-21-25)30-19-45-52(38(30)43-3)34-12-11-26(40)16-31(34)42/h7,9-12,15-17,19,25,28,36H,3,6,8,13-14,18,20-23H2,1-2,4-5H3,(H,47,48)/b44-39+. The van der Waals surface area contributed by atoms with Gasteiger partial charge in [0.25, 0.3) is 0 Å². The van der Waals surface area contributed by atoms with Crippen molar-refractivity contribution in [1.29, 1.82) is 0 Å². The number of likely N-dealkylation sites (tertiary alicyclic amines) is 1. The van der Waals surface area contributed by atoms with Gasteiger partial charge in [-0.2, -0.15) is 16.9 Å². The highest BCUT2D eigenvalue weighted by atomic mass is 32.2. The first-order valence-electron chi connectivity index (χ1n) is 18.2. The molecule has 10 nitrogen and oxygen atoms in total. The van der Waals surface area contributed by atoms with Crippen molar-refractivity contribution < 1.29 is 13.2 Å². The highest BCUT2D eigenvalue weighted by molar-refractivity contribution is 8.01. The lowest BCUT2D eigenvalue weighted by atomic mass is 9.94. The van der Waals surface area contributed by atoms with Gasteiger partial charge in [-0.1, -0.05) is 13.0 Å². The number of thioether (sulfide) groups is 2. The molecule has 0 saturated carbocycles. The number of imidazole rings is 1. The molecule has 2 saturated heterocycles. The van der Waals surface area contributed by atoms with Crippen molar-refractivity contribution in [3.63, 3.8) is 0 Å². The van der Waals surface area contributed by atoms with Crippen molar-refractivity contribution in [2.45, 2.75) is 51.9 Å². The molecule has 2 fully saturated rings. The molecule has 0 radical (unpaired) electrons. The first-order chi connectivity index (χ1) is 26.1. The molecule has 2 atom stereocenters. The van der Waals surface area contributed by atoms with Crippen LogP contribution in [0, 0.1) is 30.3 Å². The van der Waals surface area contributed by atoms with Crippen molar-refractivity contribution >= 4 is 58.7 Å². The summed E-state index contributed by atoms with van der Waals surface area (Å²) >= 11 is 3.74. The van der Waals surface area contributed by atoms with Gasteiger partial charge in [-0.25, -0.2) is 32.8 Å². The molecule has 2 unspecified atom stereocenters. The van der Waals surface area contributed by atoms with Crippen LogP contribution in [0.2, 0.25) is 0 Å². The molecule has 0 bridgehead atoms. The maximum Gasteiger partial charge on any atom is 0.166 e. The molecule has 284 valence electrons. The summed E-state index contributed by atoms with van der Waals surface area (Å²) in [6.45, 7) is 9.55. The van der Waals surface area contributed by atoms with Gasteiger partial charge in [0.05, 0.1) is 34.4 Å². The van der Waals surface area contributed by atoms with Crippen LogP contribution in [0.15, 0.2) is 64.7 Å². The molecular weight excluding hydrogens is 730 g/mol. The number of anilines is 1. The summed E-state index contributed by atoms with van der Waals surface area (Å²) in [4.78, 5) is 23.5. The lowest BCUT2D eigenvalue weighted by molar-refractivity contribution is 0.112. The highest BCUT2D eigenvalue weighted by Gasteiger charge is 2.41. The monoisotopic (exact) mass is 774 g/mol. The topological polar surface area (TPSA) is 91.8 Å². The number of hydrogen-bond donors (Lipinski definition) is 1. The molecule has 5 heterocycles. The van der Waals surface area contributed by atoms with E-state index in [0.717, 1.165) is 55.5 Å². The molecule has 0 aliphatic carbocycles. The number of halogens is 3. The van der Waals surface area contributed by atoms with Gasteiger partial charge in [0.15, 0.2) is 11.6 Å². The zero-order chi connectivity index (χ0) is 37.9. The smallest absolute Gasteiger partial charge is 0.166 e. The zero-order valence-corrected chi connectivity index (χ0v) is 32.6. The molecule has 7 rings (SSSR count). The van der Waals surface area contributed by atoms with E-state index in [4.69, 9.17) is 15.0 Å². The van der Waals surface area contributed by atoms with Crippen LogP contribution in [0.5, 0.6) is 0 Å². The Morgan fingerprint density at radius 1 is 1.09 bits per heavy atom. The molecule has 1 N–H and O–H groups in total. The van der Waals surface area contributed by atoms with Gasteiger partial charge in [0, 0.05) is 36.7 Å². The third kappa shape index (κ3) is 7.89. The first-order valence-corrected chi connectivity index (χ1v) is 20.5. The molecule has 5 aromatic rings. The summed E-state index contributed by atoms with van der Waals surface area (Å²) in [6.07, 6.45) is 4.02. The average molecular weight is 775 g/mol. The Hall–Kier alpha value is -4.34. The summed E-state index contributed by atoms with van der Waals surface area (Å²) in [7, 11) is 4.10. The fraction of sp³-hybridized carbons (Fsp3) is 0.410. The van der Waals surface area contributed by atoms with E-state index in [2.05, 4.69) is 57.5 Å². The van der Waals surface area contributed by atoms with Gasteiger partial charge < -0.3 is 19.7 Å². The Morgan fingerprint density at radius 3 is 2.65 bits per heavy atom. The minimum absolute atomic E-state index is 0.0632. The second-order valence-electron chi connectivity index (χ2n) is 14.0. The number of aliphatic imine (C=N–C) groups is 2. The molecule has 2 aliphatic rings. The Kier molecular flexibility index (Phi) is 11.7. The average Bonchev–Trinajstić information content (AvgIpc) is 3.67. The SMILES string of the molecule is C=Nc1c(/C(=N\CSCC2CSC2)N2C(CC)CC2Nc2cccc(-c3cc(F)cc4nc(C)n(CCCN(C)C)c34)n2)cnn1-c1ccc(F)cc1F. The third-order valence-electron chi connectivity index (χ3n) is 9.90. The molecule has 54 heavy (non-hydrogen) atoms. The number of pyridine rings is 1. The van der Waals surface area contributed by atoms with Crippen molar-refractivity contribution in [1.82, 2.24) is 34.1 Å². The van der Waals surface area contributed by atoms with Crippen LogP contribution in [-0.4, -0.2) is 103 Å². The van der Waals surface area contributed by atoms with Crippen LogP contribution >= 0.6 is 23.5 Å². The number of aromatic nitrogens is 5. The predicted molar refractivity (Wildman–Crippen MR) is 216 cm³/mol. The third-order valence-corrected chi connectivity index (χ3v) is 12.3. The number of nitrogens with one attached hydrogen (secondary N) is 1. The number of nitrogens with zero attached hydrogens (tertiary/aromatic N) is 9. The van der Waals surface area contributed by atoms with Gasteiger partial charge in [-0.05, 0) is 101 Å². The second kappa shape index (κ2) is 16.6. The van der Waals surface area contributed by atoms with E-state index < -0.39 is 11.6 Å². The molecular formula is C39H45F3N10S2. The fourth-order valence-electron chi connectivity index (χ4n) is 7.11. The molecule has 3 aromatic heterocycles. The van der Waals surface area contributed by atoms with Gasteiger partial charge in [-0.15, -0.1) is 11.8 Å². The van der Waals surface area contributed by atoms with E-state index in [1.807, 2.05) is 36.9 Å². The molecule has 15 heteroatoms. The van der Waals surface area contributed by atoms with Crippen LogP contribution in [0.1, 0.15) is 37.6 Å². The predicted octanol–water partition coefficient (Wildman–Crippen LogP) is 8.02. The minimum atomic E-state index is -0.759. The van der Waals surface area contributed by atoms with E-state index in [9.17, 15) is 4.39 Å². The van der Waals surface area contributed by atoms with Gasteiger partial charge in [0.2, 0.25) is 0 Å². The number of hydrogen-bond acceptors (Lipinski definition) is 9. The van der Waals surface area contributed by atoms with Crippen LogP contribution in [0.3, 0.4) is 0 Å². The number of amidine groups is 1. The fourth-order valence-corrected chi connectivity index (χ4v) is 9.10. The van der Waals surface area contributed by atoms with E-state index >= 15 is 8.78 Å². The highest BCUT2D eigenvalue weighted by Crippen LogP contribution is 2.36.